The molecule has 7 N–H and O–H groups in total. The lowest BCUT2D eigenvalue weighted by Crippen LogP contribution is -2.63. The number of carbonyl (C=O) groups excluding carboxylic acids is 3. The van der Waals surface area contributed by atoms with E-state index in [9.17, 15) is 34.8 Å². The van der Waals surface area contributed by atoms with Crippen molar-refractivity contribution in [3.8, 4) is 5.75 Å². The van der Waals surface area contributed by atoms with Crippen molar-refractivity contribution in [1.82, 2.24) is 9.88 Å². The fourth-order valence-electron chi connectivity index (χ4n) is 6.49. The largest absolute Gasteiger partial charge is 0.510 e. The number of amides is 1. The van der Waals surface area contributed by atoms with Crippen molar-refractivity contribution in [3.63, 3.8) is 0 Å². The van der Waals surface area contributed by atoms with Crippen LogP contribution in [0.3, 0.4) is 0 Å². The van der Waals surface area contributed by atoms with Crippen LogP contribution < -0.4 is 16.0 Å². The highest BCUT2D eigenvalue weighted by atomic mass is 16.4. The topological polar surface area (TPSA) is 203 Å². The molecule has 1 aromatic carbocycles. The predicted molar refractivity (Wildman–Crippen MR) is 147 cm³/mol. The number of hydrogen-bond acceptors (Lipinski definition) is 12. The van der Waals surface area contributed by atoms with E-state index in [0.29, 0.717) is 22.5 Å². The number of allylic oxidation sites excluding steroid dienone is 1. The molecule has 0 fully saturated rings. The summed E-state index contributed by atoms with van der Waals surface area (Å²) in [6.07, 6.45) is 1.68. The molecule has 218 valence electrons. The molecule has 13 heteroatoms. The number of Topliss-reactive ketones (excluding diaryl/α,β-unsaturated/α-hetero) is 2. The number of aliphatic hydroxyl groups is 3. The van der Waals surface area contributed by atoms with Crippen molar-refractivity contribution < 1.29 is 39.2 Å². The minimum atomic E-state index is -2.69. The van der Waals surface area contributed by atoms with E-state index in [1.807, 2.05) is 0 Å². The van der Waals surface area contributed by atoms with Crippen LogP contribution in [0.15, 0.2) is 39.4 Å². The Bertz CT molecular complexity index is 1550. The van der Waals surface area contributed by atoms with E-state index < -0.39 is 58.0 Å². The number of nitrogens with zero attached hydrogens (tertiary/aromatic N) is 3. The van der Waals surface area contributed by atoms with Crippen LogP contribution in [0.25, 0.3) is 0 Å². The first kappa shape index (κ1) is 28.2. The number of nitrogens with two attached hydrogens (primary N) is 1. The fourth-order valence-corrected chi connectivity index (χ4v) is 6.49. The second kappa shape index (κ2) is 9.63. The highest BCUT2D eigenvalue weighted by Crippen LogP contribution is 2.53. The molecule has 3 aliphatic rings. The molecule has 4 atom stereocenters. The Balaban J connectivity index is 1.66. The van der Waals surface area contributed by atoms with E-state index in [0.717, 1.165) is 0 Å². The van der Waals surface area contributed by atoms with Crippen molar-refractivity contribution in [2.24, 2.45) is 17.6 Å². The lowest BCUT2D eigenvalue weighted by atomic mass is 9.58. The number of rotatable bonds is 6. The molecule has 1 unspecified atom stereocenters. The molecular formula is C28H33N5O8. The number of phenols is 1. The Morgan fingerprint density at radius 2 is 1.90 bits per heavy atom. The lowest BCUT2D eigenvalue weighted by Gasteiger charge is -2.50. The van der Waals surface area contributed by atoms with Gasteiger partial charge in [0.2, 0.25) is 5.78 Å². The Labute approximate surface area is 235 Å². The van der Waals surface area contributed by atoms with Crippen LogP contribution in [0.4, 0.5) is 11.7 Å². The molecule has 0 aliphatic heterocycles. The van der Waals surface area contributed by atoms with Crippen molar-refractivity contribution in [3.05, 3.63) is 57.4 Å². The number of carbonyl (C=O) groups is 3. The van der Waals surface area contributed by atoms with E-state index in [-0.39, 0.29) is 42.3 Å². The third kappa shape index (κ3) is 4.06. The normalized spacial score (nSPS) is 25.7. The Hall–Kier alpha value is -4.36. The quantitative estimate of drug-likeness (QED) is 0.272. The van der Waals surface area contributed by atoms with Crippen molar-refractivity contribution in [1.29, 1.82) is 0 Å². The van der Waals surface area contributed by atoms with Gasteiger partial charge in [0.25, 0.3) is 11.9 Å². The van der Waals surface area contributed by atoms with Crippen LogP contribution in [0, 0.1) is 18.8 Å². The zero-order valence-corrected chi connectivity index (χ0v) is 23.3. The van der Waals surface area contributed by atoms with Crippen LogP contribution in [0.5, 0.6) is 5.75 Å². The summed E-state index contributed by atoms with van der Waals surface area (Å²) >= 11 is 0. The van der Waals surface area contributed by atoms with E-state index in [1.165, 1.54) is 11.2 Å². The Kier molecular flexibility index (Phi) is 6.62. The molecule has 0 saturated heterocycles. The first-order valence-corrected chi connectivity index (χ1v) is 13.1. The Morgan fingerprint density at radius 1 is 1.22 bits per heavy atom. The summed E-state index contributed by atoms with van der Waals surface area (Å²) in [5.74, 6) is -6.85. The van der Waals surface area contributed by atoms with Gasteiger partial charge >= 0.3 is 0 Å². The third-order valence-corrected chi connectivity index (χ3v) is 8.31. The Morgan fingerprint density at radius 3 is 2.46 bits per heavy atom. The van der Waals surface area contributed by atoms with Gasteiger partial charge in [-0.2, -0.15) is 4.98 Å². The minimum Gasteiger partial charge on any atom is -0.510 e. The standard InChI is InChI=1S/C28H33N5O8/c1-11-10-41-27(31-11)30-9-13-8-16(32(2)3)14-6-12-7-15-20(33(4)5)23(36)19(26(29)39)25(38)28(15,40)24(37)17(12)22(35)18(14)21(13)34/h8,10,12,15,20,34,36-37,40H,6-7,9H2,1-5H3,(H2,29,39)(H,30,31)/t12-,15+,20?,28+/m1/s1. The van der Waals surface area contributed by atoms with E-state index in [4.69, 9.17) is 10.2 Å². The molecule has 0 radical (unpaired) electrons. The van der Waals surface area contributed by atoms with E-state index in [2.05, 4.69) is 10.3 Å². The van der Waals surface area contributed by atoms with Crippen LogP contribution in [0.2, 0.25) is 0 Å². The van der Waals surface area contributed by atoms with E-state index >= 15 is 0 Å². The first-order valence-electron chi connectivity index (χ1n) is 13.1. The van der Waals surface area contributed by atoms with Crippen molar-refractivity contribution >= 4 is 29.2 Å². The summed E-state index contributed by atoms with van der Waals surface area (Å²) in [6.45, 7) is 1.82. The average Bonchev–Trinajstić information content (AvgIpc) is 3.30. The molecule has 2 aromatic rings. The second-order valence-electron chi connectivity index (χ2n) is 11.3. The number of ketones is 2. The molecular weight excluding hydrogens is 534 g/mol. The lowest BCUT2D eigenvalue weighted by molar-refractivity contribution is -0.148. The number of aliphatic hydroxyl groups excluding tert-OH is 2. The molecule has 3 aliphatic carbocycles. The molecule has 13 nitrogen and oxygen atoms in total. The number of phenolic OH excluding ortho intramolecular Hbond substituents is 1. The number of oxazole rings is 1. The molecule has 0 spiro atoms. The van der Waals surface area contributed by atoms with Gasteiger partial charge in [0.15, 0.2) is 11.4 Å². The zero-order valence-electron chi connectivity index (χ0n) is 23.3. The summed E-state index contributed by atoms with van der Waals surface area (Å²) in [4.78, 5) is 47.2. The van der Waals surface area contributed by atoms with Gasteiger partial charge in [-0.1, -0.05) is 0 Å². The van der Waals surface area contributed by atoms with Crippen LogP contribution in [-0.4, -0.2) is 87.6 Å². The molecule has 1 amide bonds. The molecule has 0 bridgehead atoms. The fraction of sp³-hybridized carbons (Fsp3) is 0.429. The van der Waals surface area contributed by atoms with Gasteiger partial charge in [0, 0.05) is 43.4 Å². The number of aromatic hydroxyl groups is 1. The number of aryl methyl sites for hydroxylation is 1. The molecule has 0 saturated carbocycles. The van der Waals surface area contributed by atoms with Gasteiger partial charge in [0.05, 0.1) is 17.3 Å². The summed E-state index contributed by atoms with van der Waals surface area (Å²) in [5.41, 5.74) is 3.80. The van der Waals surface area contributed by atoms with Crippen LogP contribution in [0.1, 0.15) is 33.6 Å². The maximum atomic E-state index is 14.1. The zero-order chi connectivity index (χ0) is 30.1. The summed E-state index contributed by atoms with van der Waals surface area (Å²) in [7, 11) is 6.77. The minimum absolute atomic E-state index is 0.0201. The van der Waals surface area contributed by atoms with Gasteiger partial charge in [-0.15, -0.1) is 0 Å². The highest BCUT2D eigenvalue weighted by molar-refractivity contribution is 6.25. The van der Waals surface area contributed by atoms with Gasteiger partial charge in [-0.3, -0.25) is 19.3 Å². The SMILES string of the molecule is Cc1coc(NCc2cc(N(C)C)c3c(c2O)C(=O)C2=C(O)[C@]4(O)C(=O)C(C(N)=O)=C(O)C(N(C)C)[C@@H]4C[C@H]2C3)n1. The average molecular weight is 568 g/mol. The smallest absolute Gasteiger partial charge is 0.294 e. The molecule has 1 aromatic heterocycles. The molecule has 1 heterocycles. The van der Waals surface area contributed by atoms with E-state index in [1.54, 1.807) is 46.1 Å². The molecule has 5 rings (SSSR count). The summed E-state index contributed by atoms with van der Waals surface area (Å²) in [5, 5.41) is 48.4. The first-order chi connectivity index (χ1) is 19.2. The summed E-state index contributed by atoms with van der Waals surface area (Å²) < 4.78 is 5.31. The van der Waals surface area contributed by atoms with Crippen LogP contribution >= 0.6 is 0 Å². The number of likely N-dealkylation sites (N-methyl/N-ethyl adjacent to an activating group) is 1. The second-order valence-corrected chi connectivity index (χ2v) is 11.3. The van der Waals surface area contributed by atoms with Gasteiger partial charge in [-0.05, 0) is 51.4 Å². The maximum absolute atomic E-state index is 14.1. The van der Waals surface area contributed by atoms with Crippen molar-refractivity contribution in [2.75, 3.05) is 38.4 Å². The number of anilines is 2. The number of benzene rings is 1. The van der Waals surface area contributed by atoms with Gasteiger partial charge in [0.1, 0.15) is 29.1 Å². The number of hydrogen-bond donors (Lipinski definition) is 6. The van der Waals surface area contributed by atoms with Gasteiger partial charge in [-0.25, -0.2) is 0 Å². The summed E-state index contributed by atoms with van der Waals surface area (Å²) in [6, 6.07) is 0.930. The number of nitrogens with one attached hydrogen (secondary N) is 1. The number of fused-ring (bicyclic) bond motifs is 3. The number of aromatic nitrogens is 1. The van der Waals surface area contributed by atoms with Crippen molar-refractivity contribution in [2.45, 2.75) is 38.0 Å². The van der Waals surface area contributed by atoms with Gasteiger partial charge < -0.3 is 40.8 Å². The van der Waals surface area contributed by atoms with Crippen LogP contribution in [-0.2, 0) is 22.6 Å². The monoisotopic (exact) mass is 567 g/mol. The highest BCUT2D eigenvalue weighted by Gasteiger charge is 2.63. The molecule has 41 heavy (non-hydrogen) atoms. The third-order valence-electron chi connectivity index (χ3n) is 8.31. The maximum Gasteiger partial charge on any atom is 0.294 e. The predicted octanol–water partition coefficient (Wildman–Crippen LogP) is 1.10. The number of primary amides is 1.